The van der Waals surface area contributed by atoms with Crippen LogP contribution in [0.25, 0.3) is 0 Å². The molecule has 0 aromatic rings. The lowest BCUT2D eigenvalue weighted by molar-refractivity contribution is -0.122. The second-order valence-corrected chi connectivity index (χ2v) is 5.42. The standard InChI is InChI=1S/C8H14O.C7H12O/c1-7-5-3-2-4-6-8(7)9;8-7-5-3-1-2-4-6-7/h7H,2-6H2,1H3;1-6H2. The van der Waals surface area contributed by atoms with Crippen LogP contribution in [0.2, 0.25) is 0 Å². The van der Waals surface area contributed by atoms with Gasteiger partial charge in [-0.2, -0.15) is 0 Å². The zero-order valence-electron chi connectivity index (χ0n) is 11.2. The number of carbonyl (C=O) groups is 2. The van der Waals surface area contributed by atoms with Crippen LogP contribution < -0.4 is 0 Å². The molecule has 2 nitrogen and oxygen atoms in total. The lowest BCUT2D eigenvalue weighted by Crippen LogP contribution is -2.06. The Morgan fingerprint density at radius 1 is 0.765 bits per heavy atom. The third-order valence-corrected chi connectivity index (χ3v) is 3.77. The van der Waals surface area contributed by atoms with Gasteiger partial charge in [-0.05, 0) is 25.7 Å². The molecule has 0 N–H and O–H groups in total. The molecule has 17 heavy (non-hydrogen) atoms. The van der Waals surface area contributed by atoms with Crippen LogP contribution in [0.5, 0.6) is 0 Å². The fraction of sp³-hybridized carbons (Fsp3) is 0.867. The molecule has 0 bridgehead atoms. The molecule has 0 spiro atoms. The van der Waals surface area contributed by atoms with Crippen LogP contribution in [0.1, 0.15) is 77.6 Å². The Morgan fingerprint density at radius 2 is 1.29 bits per heavy atom. The van der Waals surface area contributed by atoms with Crippen molar-refractivity contribution in [3.63, 3.8) is 0 Å². The third-order valence-electron chi connectivity index (χ3n) is 3.77. The molecule has 2 saturated carbocycles. The van der Waals surface area contributed by atoms with Gasteiger partial charge in [0.05, 0.1) is 0 Å². The molecule has 2 rings (SSSR count). The first-order valence-corrected chi connectivity index (χ1v) is 7.24. The van der Waals surface area contributed by atoms with Gasteiger partial charge in [-0.15, -0.1) is 0 Å². The summed E-state index contributed by atoms with van der Waals surface area (Å²) in [6.07, 6.45) is 12.1. The number of carbonyl (C=O) groups excluding carboxylic acids is 2. The van der Waals surface area contributed by atoms with Gasteiger partial charge in [0, 0.05) is 25.2 Å². The van der Waals surface area contributed by atoms with Crippen LogP contribution in [0.15, 0.2) is 0 Å². The second kappa shape index (κ2) is 8.43. The van der Waals surface area contributed by atoms with Crippen LogP contribution in [0.3, 0.4) is 0 Å². The minimum atomic E-state index is 0.354. The fourth-order valence-corrected chi connectivity index (χ4v) is 2.46. The van der Waals surface area contributed by atoms with E-state index in [9.17, 15) is 9.59 Å². The quantitative estimate of drug-likeness (QED) is 0.596. The van der Waals surface area contributed by atoms with E-state index in [2.05, 4.69) is 0 Å². The van der Waals surface area contributed by atoms with E-state index in [4.69, 9.17) is 0 Å². The van der Waals surface area contributed by atoms with Crippen molar-refractivity contribution in [3.05, 3.63) is 0 Å². The van der Waals surface area contributed by atoms with E-state index in [1.807, 2.05) is 6.92 Å². The van der Waals surface area contributed by atoms with Crippen LogP contribution in [-0.2, 0) is 9.59 Å². The molecular weight excluding hydrogens is 212 g/mol. The van der Waals surface area contributed by atoms with Crippen molar-refractivity contribution in [1.29, 1.82) is 0 Å². The van der Waals surface area contributed by atoms with Crippen molar-refractivity contribution in [1.82, 2.24) is 0 Å². The van der Waals surface area contributed by atoms with Crippen molar-refractivity contribution < 1.29 is 9.59 Å². The highest BCUT2D eigenvalue weighted by Crippen LogP contribution is 2.18. The zero-order chi connectivity index (χ0) is 12.5. The molecule has 98 valence electrons. The highest BCUT2D eigenvalue weighted by Gasteiger charge is 2.14. The highest BCUT2D eigenvalue weighted by molar-refractivity contribution is 5.80. The maximum atomic E-state index is 11.0. The molecular formula is C15H26O2. The van der Waals surface area contributed by atoms with Gasteiger partial charge in [-0.1, -0.05) is 32.6 Å². The second-order valence-electron chi connectivity index (χ2n) is 5.42. The van der Waals surface area contributed by atoms with E-state index in [-0.39, 0.29) is 0 Å². The van der Waals surface area contributed by atoms with Crippen molar-refractivity contribution in [2.24, 2.45) is 5.92 Å². The Morgan fingerprint density at radius 3 is 1.94 bits per heavy atom. The van der Waals surface area contributed by atoms with E-state index in [1.54, 1.807) is 0 Å². The molecule has 2 heteroatoms. The monoisotopic (exact) mass is 238 g/mol. The summed E-state index contributed by atoms with van der Waals surface area (Å²) in [5.74, 6) is 1.31. The summed E-state index contributed by atoms with van der Waals surface area (Å²) in [6.45, 7) is 2.05. The molecule has 1 unspecified atom stereocenters. The first-order chi connectivity index (χ1) is 8.20. The van der Waals surface area contributed by atoms with Crippen LogP contribution in [-0.4, -0.2) is 11.6 Å². The van der Waals surface area contributed by atoms with Gasteiger partial charge in [0.15, 0.2) is 0 Å². The third kappa shape index (κ3) is 6.60. The summed E-state index contributed by atoms with van der Waals surface area (Å²) >= 11 is 0. The lowest BCUT2D eigenvalue weighted by atomic mass is 10.0. The molecule has 2 fully saturated rings. The van der Waals surface area contributed by atoms with Gasteiger partial charge in [0.2, 0.25) is 0 Å². The highest BCUT2D eigenvalue weighted by atomic mass is 16.1. The summed E-state index contributed by atoms with van der Waals surface area (Å²) in [4.78, 5) is 21.7. The smallest absolute Gasteiger partial charge is 0.135 e. The minimum absolute atomic E-state index is 0.354. The Labute approximate surface area is 105 Å². The number of rotatable bonds is 0. The first kappa shape index (κ1) is 14.4. The molecule has 0 aromatic carbocycles. The molecule has 0 aromatic heterocycles. The number of hydrogen-bond donors (Lipinski definition) is 0. The Hall–Kier alpha value is -0.660. The lowest BCUT2D eigenvalue weighted by Gasteiger charge is -2.02. The van der Waals surface area contributed by atoms with E-state index in [0.717, 1.165) is 44.9 Å². The Bertz CT molecular complexity index is 235. The largest absolute Gasteiger partial charge is 0.300 e. The van der Waals surface area contributed by atoms with Crippen molar-refractivity contribution in [3.8, 4) is 0 Å². The maximum absolute atomic E-state index is 11.0. The summed E-state index contributed by atoms with van der Waals surface area (Å²) < 4.78 is 0. The Kier molecular flexibility index (Phi) is 7.14. The predicted molar refractivity (Wildman–Crippen MR) is 70.0 cm³/mol. The fourth-order valence-electron chi connectivity index (χ4n) is 2.46. The van der Waals surface area contributed by atoms with Gasteiger partial charge in [-0.3, -0.25) is 9.59 Å². The van der Waals surface area contributed by atoms with Crippen LogP contribution in [0, 0.1) is 5.92 Å². The average molecular weight is 238 g/mol. The number of hydrogen-bond acceptors (Lipinski definition) is 2. The summed E-state index contributed by atoms with van der Waals surface area (Å²) in [5, 5.41) is 0. The molecule has 0 heterocycles. The summed E-state index contributed by atoms with van der Waals surface area (Å²) in [6, 6.07) is 0. The van der Waals surface area contributed by atoms with Crippen LogP contribution in [0.4, 0.5) is 0 Å². The van der Waals surface area contributed by atoms with Gasteiger partial charge in [0.1, 0.15) is 11.6 Å². The van der Waals surface area contributed by atoms with Gasteiger partial charge >= 0.3 is 0 Å². The molecule has 0 amide bonds. The van der Waals surface area contributed by atoms with Gasteiger partial charge in [-0.25, -0.2) is 0 Å². The maximum Gasteiger partial charge on any atom is 0.135 e. The molecule has 0 saturated heterocycles. The summed E-state index contributed by atoms with van der Waals surface area (Å²) in [5.41, 5.74) is 0. The normalized spacial score (nSPS) is 26.5. The zero-order valence-corrected chi connectivity index (χ0v) is 11.2. The molecule has 0 aliphatic heterocycles. The number of ketones is 2. The molecule has 2 aliphatic rings. The minimum Gasteiger partial charge on any atom is -0.300 e. The Balaban J connectivity index is 0.000000171. The molecule has 0 radical (unpaired) electrons. The topological polar surface area (TPSA) is 34.1 Å². The van der Waals surface area contributed by atoms with Gasteiger partial charge in [0.25, 0.3) is 0 Å². The first-order valence-electron chi connectivity index (χ1n) is 7.24. The van der Waals surface area contributed by atoms with E-state index < -0.39 is 0 Å². The van der Waals surface area contributed by atoms with Crippen LogP contribution >= 0.6 is 0 Å². The van der Waals surface area contributed by atoms with E-state index >= 15 is 0 Å². The van der Waals surface area contributed by atoms with Crippen molar-refractivity contribution >= 4 is 11.6 Å². The molecule has 2 aliphatic carbocycles. The molecule has 1 atom stereocenters. The van der Waals surface area contributed by atoms with E-state index in [0.29, 0.717) is 17.5 Å². The van der Waals surface area contributed by atoms with Crippen molar-refractivity contribution in [2.75, 3.05) is 0 Å². The predicted octanol–water partition coefficient (Wildman–Crippen LogP) is 4.07. The summed E-state index contributed by atoms with van der Waals surface area (Å²) in [7, 11) is 0. The van der Waals surface area contributed by atoms with E-state index in [1.165, 1.54) is 25.7 Å². The van der Waals surface area contributed by atoms with Crippen molar-refractivity contribution in [2.45, 2.75) is 77.6 Å². The number of Topliss-reactive ketones (excluding diaryl/α,β-unsaturated/α-hetero) is 2. The van der Waals surface area contributed by atoms with Gasteiger partial charge < -0.3 is 0 Å². The SMILES string of the molecule is CC1CCCCCC1=O.O=C1CCCCCC1. The average Bonchev–Trinajstić information content (AvgIpc) is 2.65.